The van der Waals surface area contributed by atoms with Crippen molar-refractivity contribution in [2.75, 3.05) is 6.54 Å². The van der Waals surface area contributed by atoms with Crippen LogP contribution in [0.15, 0.2) is 41.3 Å². The maximum Gasteiger partial charge on any atom is 0.326 e. The highest BCUT2D eigenvalue weighted by Gasteiger charge is 2.39. The Morgan fingerprint density at radius 1 is 1.27 bits per heavy atom. The minimum Gasteiger partial charge on any atom is -0.480 e. The maximum atomic E-state index is 12.6. The highest BCUT2D eigenvalue weighted by Crippen LogP contribution is 2.24. The summed E-state index contributed by atoms with van der Waals surface area (Å²) in [5.74, 6) is -1.66. The second-order valence-corrected chi connectivity index (χ2v) is 8.31. The summed E-state index contributed by atoms with van der Waals surface area (Å²) in [6.45, 7) is 1.58. The van der Waals surface area contributed by atoms with Gasteiger partial charge in [-0.25, -0.2) is 13.2 Å². The Hall–Kier alpha value is -2.16. The van der Waals surface area contributed by atoms with E-state index in [1.807, 2.05) is 0 Å². The van der Waals surface area contributed by atoms with E-state index >= 15 is 0 Å². The summed E-state index contributed by atoms with van der Waals surface area (Å²) in [5.41, 5.74) is 0. The van der Waals surface area contributed by atoms with E-state index in [9.17, 15) is 18.0 Å². The molecule has 1 fully saturated rings. The largest absolute Gasteiger partial charge is 0.480 e. The molecule has 0 aromatic heterocycles. The van der Waals surface area contributed by atoms with Gasteiger partial charge in [0, 0.05) is 11.6 Å². The van der Waals surface area contributed by atoms with E-state index in [2.05, 4.69) is 4.72 Å². The second kappa shape index (κ2) is 6.86. The van der Waals surface area contributed by atoms with E-state index in [-0.39, 0.29) is 17.9 Å². The SMILES string of the molecule is CC(C(=O)O)N1CC[C@H](NS(=O)(=O)c2ccc3cc(Cl)ccc3c2)C1=O. The molecule has 2 atom stereocenters. The molecule has 1 amide bonds. The van der Waals surface area contributed by atoms with Crippen molar-refractivity contribution < 1.29 is 23.1 Å². The van der Waals surface area contributed by atoms with Crippen molar-refractivity contribution in [1.29, 1.82) is 0 Å². The van der Waals surface area contributed by atoms with Gasteiger partial charge < -0.3 is 10.0 Å². The Bertz CT molecular complexity index is 992. The molecule has 1 unspecified atom stereocenters. The molecule has 0 spiro atoms. The second-order valence-electron chi connectivity index (χ2n) is 6.16. The van der Waals surface area contributed by atoms with Gasteiger partial charge in [-0.15, -0.1) is 0 Å². The number of fused-ring (bicyclic) bond motifs is 1. The van der Waals surface area contributed by atoms with Gasteiger partial charge in [0.2, 0.25) is 15.9 Å². The highest BCUT2D eigenvalue weighted by molar-refractivity contribution is 7.89. The number of amides is 1. The minimum atomic E-state index is -3.93. The molecule has 7 nitrogen and oxygen atoms in total. The van der Waals surface area contributed by atoms with Crippen molar-refractivity contribution >= 4 is 44.3 Å². The molecule has 1 aliphatic rings. The third-order valence-electron chi connectivity index (χ3n) is 4.45. The quantitative estimate of drug-likeness (QED) is 0.802. The first-order valence-corrected chi connectivity index (χ1v) is 9.80. The molecule has 1 saturated heterocycles. The van der Waals surface area contributed by atoms with Crippen LogP contribution in [-0.4, -0.2) is 48.9 Å². The van der Waals surface area contributed by atoms with Crippen LogP contribution in [0.5, 0.6) is 0 Å². The summed E-state index contributed by atoms with van der Waals surface area (Å²) in [4.78, 5) is 24.6. The van der Waals surface area contributed by atoms with Gasteiger partial charge in [-0.2, -0.15) is 4.72 Å². The van der Waals surface area contributed by atoms with Gasteiger partial charge in [-0.3, -0.25) is 4.79 Å². The van der Waals surface area contributed by atoms with Gasteiger partial charge in [0.25, 0.3) is 0 Å². The highest BCUT2D eigenvalue weighted by atomic mass is 35.5. The number of benzene rings is 2. The third-order valence-corrected chi connectivity index (χ3v) is 6.15. The van der Waals surface area contributed by atoms with Gasteiger partial charge in [0.05, 0.1) is 4.90 Å². The fraction of sp³-hybridized carbons (Fsp3) is 0.294. The molecule has 26 heavy (non-hydrogen) atoms. The topological polar surface area (TPSA) is 104 Å². The third kappa shape index (κ3) is 3.53. The lowest BCUT2D eigenvalue weighted by atomic mass is 10.1. The molecule has 2 N–H and O–H groups in total. The molecular weight excluding hydrogens is 380 g/mol. The van der Waals surface area contributed by atoms with Gasteiger partial charge in [0.1, 0.15) is 12.1 Å². The fourth-order valence-corrected chi connectivity index (χ4v) is 4.39. The van der Waals surface area contributed by atoms with E-state index < -0.39 is 34.0 Å². The van der Waals surface area contributed by atoms with Gasteiger partial charge in [0.15, 0.2) is 0 Å². The average molecular weight is 397 g/mol. The van der Waals surface area contributed by atoms with E-state index in [1.165, 1.54) is 19.1 Å². The van der Waals surface area contributed by atoms with E-state index in [1.54, 1.807) is 24.3 Å². The number of carboxylic acids is 1. The van der Waals surface area contributed by atoms with Crippen LogP contribution in [0.1, 0.15) is 13.3 Å². The molecule has 9 heteroatoms. The number of carboxylic acid groups (broad SMARTS) is 1. The first-order chi connectivity index (χ1) is 12.2. The Labute approximate surface area is 155 Å². The summed E-state index contributed by atoms with van der Waals surface area (Å²) in [7, 11) is -3.93. The fourth-order valence-electron chi connectivity index (χ4n) is 2.95. The average Bonchev–Trinajstić information content (AvgIpc) is 2.93. The number of nitrogens with zero attached hydrogens (tertiary/aromatic N) is 1. The number of sulfonamides is 1. The van der Waals surface area contributed by atoms with Crippen LogP contribution in [0.2, 0.25) is 5.02 Å². The van der Waals surface area contributed by atoms with Crippen LogP contribution in [-0.2, 0) is 19.6 Å². The first kappa shape index (κ1) is 18.6. The number of carbonyl (C=O) groups is 2. The first-order valence-electron chi connectivity index (χ1n) is 7.94. The number of hydrogen-bond donors (Lipinski definition) is 2. The summed E-state index contributed by atoms with van der Waals surface area (Å²) in [6.07, 6.45) is 0.221. The van der Waals surface area contributed by atoms with Gasteiger partial charge in [-0.05, 0) is 48.4 Å². The molecule has 0 saturated carbocycles. The number of aliphatic carboxylic acids is 1. The smallest absolute Gasteiger partial charge is 0.326 e. The summed E-state index contributed by atoms with van der Waals surface area (Å²) >= 11 is 5.92. The number of carbonyl (C=O) groups excluding carboxylic acids is 1. The Morgan fingerprint density at radius 2 is 1.92 bits per heavy atom. The molecule has 2 aromatic carbocycles. The monoisotopic (exact) mass is 396 g/mol. The molecule has 1 heterocycles. The van der Waals surface area contributed by atoms with Crippen molar-refractivity contribution in [2.45, 2.75) is 30.3 Å². The van der Waals surface area contributed by atoms with Gasteiger partial charge >= 0.3 is 5.97 Å². The molecule has 2 aromatic rings. The van der Waals surface area contributed by atoms with Gasteiger partial charge in [-0.1, -0.05) is 23.7 Å². The molecule has 0 radical (unpaired) electrons. The van der Waals surface area contributed by atoms with E-state index in [4.69, 9.17) is 16.7 Å². The van der Waals surface area contributed by atoms with Crippen LogP contribution < -0.4 is 4.72 Å². The standard InChI is InChI=1S/C17H17ClN2O5S/c1-10(17(22)23)20-7-6-15(16(20)21)19-26(24,25)14-5-3-11-8-13(18)4-2-12(11)9-14/h2-5,8-10,15,19H,6-7H2,1H3,(H,22,23)/t10?,15-/m0/s1. The summed E-state index contributed by atoms with van der Waals surface area (Å²) in [5, 5.41) is 11.1. The lowest BCUT2D eigenvalue weighted by Crippen LogP contribution is -2.46. The summed E-state index contributed by atoms with van der Waals surface area (Å²) < 4.78 is 27.6. The summed E-state index contributed by atoms with van der Waals surface area (Å²) in [6, 6.07) is 7.73. The predicted molar refractivity (Wildman–Crippen MR) is 96.5 cm³/mol. The molecule has 3 rings (SSSR count). The molecule has 138 valence electrons. The van der Waals surface area contributed by atoms with Crippen molar-refractivity contribution in [2.24, 2.45) is 0 Å². The number of likely N-dealkylation sites (tertiary alicyclic amines) is 1. The number of nitrogens with one attached hydrogen (secondary N) is 1. The lowest BCUT2D eigenvalue weighted by Gasteiger charge is -2.21. The zero-order valence-electron chi connectivity index (χ0n) is 13.8. The molecule has 1 aliphatic heterocycles. The predicted octanol–water partition coefficient (Wildman–Crippen LogP) is 1.85. The zero-order chi connectivity index (χ0) is 19.1. The molecular formula is C17H17ClN2O5S. The van der Waals surface area contributed by atoms with Crippen LogP contribution in [0.25, 0.3) is 10.8 Å². The Kier molecular flexibility index (Phi) is 4.92. The van der Waals surface area contributed by atoms with E-state index in [0.717, 1.165) is 10.3 Å². The van der Waals surface area contributed by atoms with Crippen molar-refractivity contribution in [3.63, 3.8) is 0 Å². The molecule has 0 aliphatic carbocycles. The van der Waals surface area contributed by atoms with Crippen molar-refractivity contribution in [1.82, 2.24) is 9.62 Å². The zero-order valence-corrected chi connectivity index (χ0v) is 15.4. The normalized spacial score (nSPS) is 19.1. The number of rotatable bonds is 5. The Balaban J connectivity index is 1.82. The molecule has 0 bridgehead atoms. The van der Waals surface area contributed by atoms with E-state index in [0.29, 0.717) is 10.4 Å². The van der Waals surface area contributed by atoms with Crippen molar-refractivity contribution in [3.05, 3.63) is 41.4 Å². The van der Waals surface area contributed by atoms with Crippen LogP contribution >= 0.6 is 11.6 Å². The minimum absolute atomic E-state index is 0.0323. The Morgan fingerprint density at radius 3 is 2.62 bits per heavy atom. The number of hydrogen-bond acceptors (Lipinski definition) is 4. The van der Waals surface area contributed by atoms with Crippen LogP contribution in [0, 0.1) is 0 Å². The maximum absolute atomic E-state index is 12.6. The number of halogens is 1. The lowest BCUT2D eigenvalue weighted by molar-refractivity contribution is -0.147. The van der Waals surface area contributed by atoms with Crippen LogP contribution in [0.3, 0.4) is 0 Å². The van der Waals surface area contributed by atoms with Crippen molar-refractivity contribution in [3.8, 4) is 0 Å². The van der Waals surface area contributed by atoms with Crippen LogP contribution in [0.4, 0.5) is 0 Å².